The summed E-state index contributed by atoms with van der Waals surface area (Å²) in [5.41, 5.74) is 9.13. The molecular formula is C26H25ClF2N2O. The summed E-state index contributed by atoms with van der Waals surface area (Å²) in [5.74, 6) is -1.95. The van der Waals surface area contributed by atoms with Gasteiger partial charge in [-0.15, -0.1) is 0 Å². The highest BCUT2D eigenvalue weighted by Gasteiger charge is 2.62. The van der Waals surface area contributed by atoms with E-state index in [1.807, 2.05) is 13.8 Å². The van der Waals surface area contributed by atoms with Crippen molar-refractivity contribution in [2.75, 3.05) is 11.1 Å². The molecule has 0 aromatic heterocycles. The Morgan fingerprint density at radius 2 is 1.72 bits per heavy atom. The van der Waals surface area contributed by atoms with E-state index in [-0.39, 0.29) is 17.4 Å². The number of hydrogen-bond donors (Lipinski definition) is 3. The molecule has 3 aromatic rings. The van der Waals surface area contributed by atoms with Crippen molar-refractivity contribution in [3.8, 4) is 11.1 Å². The monoisotopic (exact) mass is 454 g/mol. The van der Waals surface area contributed by atoms with Crippen molar-refractivity contribution in [2.24, 2.45) is 5.92 Å². The van der Waals surface area contributed by atoms with Gasteiger partial charge in [0.25, 0.3) is 0 Å². The molecule has 0 heterocycles. The maximum atomic E-state index is 14.6. The standard InChI is InChI=1S/C26H25ClF2N2O/c1-13-9-14(2)11-16(10-13)23-22(26(23,4)32)15(3)31-17-5-7-20(27)19(12-17)18-6-8-21(28)25(30)24(18)29/h5-12,22-23,31-32H,3,30H2,1-2,4H3. The van der Waals surface area contributed by atoms with Gasteiger partial charge in [0, 0.05) is 39.4 Å². The van der Waals surface area contributed by atoms with Crippen molar-refractivity contribution >= 4 is 23.0 Å². The van der Waals surface area contributed by atoms with Crippen molar-refractivity contribution in [2.45, 2.75) is 32.3 Å². The highest BCUT2D eigenvalue weighted by Crippen LogP contribution is 2.60. The Morgan fingerprint density at radius 1 is 1.06 bits per heavy atom. The molecular weight excluding hydrogens is 430 g/mol. The fraction of sp³-hybridized carbons (Fsp3) is 0.231. The van der Waals surface area contributed by atoms with Gasteiger partial charge in [0.05, 0.1) is 5.60 Å². The van der Waals surface area contributed by atoms with E-state index in [9.17, 15) is 13.9 Å². The Hall–Kier alpha value is -2.89. The molecule has 1 aliphatic rings. The lowest BCUT2D eigenvalue weighted by Crippen LogP contribution is -2.10. The van der Waals surface area contributed by atoms with E-state index in [1.54, 1.807) is 25.1 Å². The third-order valence-electron chi connectivity index (χ3n) is 6.15. The van der Waals surface area contributed by atoms with Crippen molar-refractivity contribution < 1.29 is 13.9 Å². The average molecular weight is 455 g/mol. The SMILES string of the molecule is C=C(Nc1ccc(Cl)c(-c2ccc(F)c(N)c2F)c1)C1C(c2cc(C)cc(C)c2)C1(C)O. The number of nitrogen functional groups attached to an aromatic ring is 1. The van der Waals surface area contributed by atoms with E-state index in [0.29, 0.717) is 22.0 Å². The van der Waals surface area contributed by atoms with Crippen LogP contribution in [0.3, 0.4) is 0 Å². The first-order valence-electron chi connectivity index (χ1n) is 10.3. The summed E-state index contributed by atoms with van der Waals surface area (Å²) in [6.07, 6.45) is 0. The molecule has 3 nitrogen and oxygen atoms in total. The maximum absolute atomic E-state index is 14.6. The van der Waals surface area contributed by atoms with Crippen molar-refractivity contribution in [3.63, 3.8) is 0 Å². The second-order valence-corrected chi connectivity index (χ2v) is 9.18. The highest BCUT2D eigenvalue weighted by molar-refractivity contribution is 6.33. The normalized spacial score (nSPS) is 22.0. The number of benzene rings is 3. The summed E-state index contributed by atoms with van der Waals surface area (Å²) in [6.45, 7) is 10.0. The summed E-state index contributed by atoms with van der Waals surface area (Å²) in [7, 11) is 0. The van der Waals surface area contributed by atoms with Crippen LogP contribution in [0.1, 0.15) is 29.5 Å². The van der Waals surface area contributed by atoms with Crippen molar-refractivity contribution in [3.05, 3.63) is 94.2 Å². The number of aliphatic hydroxyl groups is 1. The third-order valence-corrected chi connectivity index (χ3v) is 6.48. The maximum Gasteiger partial charge on any atom is 0.156 e. The first-order chi connectivity index (χ1) is 15.0. The van der Waals surface area contributed by atoms with Gasteiger partial charge >= 0.3 is 0 Å². The quantitative estimate of drug-likeness (QED) is 0.382. The Morgan fingerprint density at radius 3 is 2.38 bits per heavy atom. The molecule has 1 aliphatic carbocycles. The number of aryl methyl sites for hydroxylation is 2. The number of anilines is 2. The molecule has 6 heteroatoms. The Balaban J connectivity index is 1.61. The molecule has 166 valence electrons. The molecule has 32 heavy (non-hydrogen) atoms. The van der Waals surface area contributed by atoms with Crippen LogP contribution in [0.2, 0.25) is 5.02 Å². The molecule has 1 saturated carbocycles. The van der Waals surface area contributed by atoms with Gasteiger partial charge in [0.2, 0.25) is 0 Å². The van der Waals surface area contributed by atoms with Gasteiger partial charge in [-0.2, -0.15) is 0 Å². The van der Waals surface area contributed by atoms with Gasteiger partial charge in [-0.05, 0) is 56.7 Å². The van der Waals surface area contributed by atoms with Gasteiger partial charge in [-0.1, -0.05) is 47.5 Å². The van der Waals surface area contributed by atoms with Crippen LogP contribution >= 0.6 is 11.6 Å². The first kappa shape index (κ1) is 22.3. The minimum Gasteiger partial charge on any atom is -0.394 e. The van der Waals surface area contributed by atoms with Gasteiger partial charge in [0.1, 0.15) is 11.5 Å². The van der Waals surface area contributed by atoms with Crippen LogP contribution in [0, 0.1) is 31.4 Å². The number of nitrogens with two attached hydrogens (primary N) is 1. The van der Waals surface area contributed by atoms with Crippen molar-refractivity contribution in [1.29, 1.82) is 0 Å². The largest absolute Gasteiger partial charge is 0.394 e. The zero-order valence-corrected chi connectivity index (χ0v) is 18.9. The van der Waals surface area contributed by atoms with Crippen LogP contribution in [0.5, 0.6) is 0 Å². The zero-order chi connectivity index (χ0) is 23.4. The van der Waals surface area contributed by atoms with Crippen LogP contribution in [-0.2, 0) is 0 Å². The second kappa shape index (κ2) is 7.91. The first-order valence-corrected chi connectivity index (χ1v) is 10.7. The molecule has 0 saturated heterocycles. The smallest absolute Gasteiger partial charge is 0.156 e. The lowest BCUT2D eigenvalue weighted by atomic mass is 10.0. The number of nitrogens with one attached hydrogen (secondary N) is 1. The van der Waals surface area contributed by atoms with Crippen LogP contribution in [0.25, 0.3) is 11.1 Å². The van der Waals surface area contributed by atoms with E-state index in [1.165, 1.54) is 6.07 Å². The number of hydrogen-bond acceptors (Lipinski definition) is 3. The Kier molecular flexibility index (Phi) is 5.51. The third kappa shape index (κ3) is 3.87. The highest BCUT2D eigenvalue weighted by atomic mass is 35.5. The summed E-state index contributed by atoms with van der Waals surface area (Å²) in [6, 6.07) is 13.7. The van der Waals surface area contributed by atoms with Crippen LogP contribution in [0.4, 0.5) is 20.2 Å². The van der Waals surface area contributed by atoms with E-state index in [4.69, 9.17) is 17.3 Å². The average Bonchev–Trinajstić information content (AvgIpc) is 3.29. The fourth-order valence-electron chi connectivity index (χ4n) is 4.62. The number of halogens is 3. The Labute approximate surface area is 191 Å². The lowest BCUT2D eigenvalue weighted by Gasteiger charge is -2.14. The molecule has 4 rings (SSSR count). The molecule has 0 radical (unpaired) electrons. The molecule has 1 fully saturated rings. The van der Waals surface area contributed by atoms with E-state index in [2.05, 4.69) is 30.1 Å². The lowest BCUT2D eigenvalue weighted by molar-refractivity contribution is 0.153. The summed E-state index contributed by atoms with van der Waals surface area (Å²) in [5, 5.41) is 14.5. The predicted molar refractivity (Wildman–Crippen MR) is 127 cm³/mol. The molecule has 0 amide bonds. The predicted octanol–water partition coefficient (Wildman–Crippen LogP) is 6.57. The van der Waals surface area contributed by atoms with Crippen LogP contribution < -0.4 is 11.1 Å². The van der Waals surface area contributed by atoms with Gasteiger partial charge in [-0.25, -0.2) is 8.78 Å². The van der Waals surface area contributed by atoms with Crippen LogP contribution in [-0.4, -0.2) is 10.7 Å². The van der Waals surface area contributed by atoms with Gasteiger partial charge < -0.3 is 16.2 Å². The summed E-state index contributed by atoms with van der Waals surface area (Å²) >= 11 is 6.29. The molecule has 0 spiro atoms. The minimum atomic E-state index is -0.933. The molecule has 3 unspecified atom stereocenters. The van der Waals surface area contributed by atoms with Gasteiger partial charge in [-0.3, -0.25) is 0 Å². The molecule has 4 N–H and O–H groups in total. The van der Waals surface area contributed by atoms with E-state index in [0.717, 1.165) is 22.8 Å². The fourth-order valence-corrected chi connectivity index (χ4v) is 4.84. The van der Waals surface area contributed by atoms with Crippen molar-refractivity contribution in [1.82, 2.24) is 0 Å². The molecule has 3 aromatic carbocycles. The van der Waals surface area contributed by atoms with Crippen LogP contribution in [0.15, 0.2) is 60.8 Å². The van der Waals surface area contributed by atoms with E-state index < -0.39 is 22.9 Å². The zero-order valence-electron chi connectivity index (χ0n) is 18.1. The van der Waals surface area contributed by atoms with E-state index >= 15 is 0 Å². The Bertz CT molecular complexity index is 1220. The second-order valence-electron chi connectivity index (χ2n) is 8.77. The summed E-state index contributed by atoms with van der Waals surface area (Å²) in [4.78, 5) is 0. The molecule has 0 bridgehead atoms. The summed E-state index contributed by atoms with van der Waals surface area (Å²) < 4.78 is 28.1. The van der Waals surface area contributed by atoms with Gasteiger partial charge in [0.15, 0.2) is 5.82 Å². The number of rotatable bonds is 5. The minimum absolute atomic E-state index is 0.0813. The molecule has 0 aliphatic heterocycles. The topological polar surface area (TPSA) is 58.3 Å². The molecule has 3 atom stereocenters.